The summed E-state index contributed by atoms with van der Waals surface area (Å²) in [5, 5.41) is 41.7. The van der Waals surface area contributed by atoms with E-state index in [0.29, 0.717) is 31.6 Å². The lowest BCUT2D eigenvalue weighted by molar-refractivity contribution is -0.276. The topological polar surface area (TPSA) is 149 Å². The lowest BCUT2D eigenvalue weighted by atomic mass is 9.90. The Morgan fingerprint density at radius 1 is 0.955 bits per heavy atom. The fourth-order valence-electron chi connectivity index (χ4n) is 5.32. The maximum absolute atomic E-state index is 12.1. The molecule has 1 aliphatic heterocycles. The van der Waals surface area contributed by atoms with Crippen molar-refractivity contribution in [2.75, 3.05) is 20.1 Å². The lowest BCUT2D eigenvalue weighted by Gasteiger charge is -2.42. The molecule has 0 aromatic heterocycles. The van der Waals surface area contributed by atoms with Gasteiger partial charge < -0.3 is 40.1 Å². The fraction of sp³-hybridized carbons (Fsp3) is 0.412. The standard InChI is InChI=1S/C34H42N2O8/c1-22-30(20-36(2)19-29(39)27-5-3-6-28(38)17-27)43-34(44-33(22)25-13-11-24(21-37)12-14-25)26-15-9-23(10-16-26)18-35-31(40)7-4-8-32(41)42/h3,5-6,9-17,22,29-30,33-34,37-39H,4,7-8,18-21H2,1-2H3,(H,35,40)(H,41,42)/t22-,29-,30+,33+,34+/m1/s1. The number of amides is 1. The zero-order chi connectivity index (χ0) is 31.6. The van der Waals surface area contributed by atoms with Gasteiger partial charge >= 0.3 is 5.97 Å². The Hall–Kier alpha value is -3.80. The number of nitrogens with one attached hydrogen (secondary N) is 1. The van der Waals surface area contributed by atoms with E-state index in [-0.39, 0.29) is 49.2 Å². The van der Waals surface area contributed by atoms with Gasteiger partial charge in [0.1, 0.15) is 5.75 Å². The molecule has 0 unspecified atom stereocenters. The number of ether oxygens (including phenoxy) is 2. The minimum Gasteiger partial charge on any atom is -0.508 e. The molecule has 1 amide bonds. The summed E-state index contributed by atoms with van der Waals surface area (Å²) in [5.41, 5.74) is 4.12. The van der Waals surface area contributed by atoms with Gasteiger partial charge in [0.15, 0.2) is 6.29 Å². The predicted octanol–water partition coefficient (Wildman–Crippen LogP) is 4.21. The zero-order valence-corrected chi connectivity index (χ0v) is 25.1. The Labute approximate surface area is 257 Å². The minimum absolute atomic E-state index is 0.0381. The summed E-state index contributed by atoms with van der Waals surface area (Å²) < 4.78 is 13.0. The van der Waals surface area contributed by atoms with Gasteiger partial charge in [-0.15, -0.1) is 0 Å². The number of aliphatic hydroxyl groups is 2. The molecule has 0 aliphatic carbocycles. The summed E-state index contributed by atoms with van der Waals surface area (Å²) >= 11 is 0. The highest BCUT2D eigenvalue weighted by molar-refractivity contribution is 5.76. The first-order valence-corrected chi connectivity index (χ1v) is 14.9. The summed E-state index contributed by atoms with van der Waals surface area (Å²) in [6.07, 6.45) is -1.57. The Morgan fingerprint density at radius 3 is 2.30 bits per heavy atom. The van der Waals surface area contributed by atoms with Gasteiger partial charge in [0.05, 0.1) is 24.9 Å². The van der Waals surface area contributed by atoms with Gasteiger partial charge in [-0.3, -0.25) is 9.59 Å². The summed E-state index contributed by atoms with van der Waals surface area (Å²) in [4.78, 5) is 24.7. The molecular weight excluding hydrogens is 564 g/mol. The molecular formula is C34H42N2O8. The number of nitrogens with zero attached hydrogens (tertiary/aromatic N) is 1. The van der Waals surface area contributed by atoms with Crippen molar-refractivity contribution in [1.82, 2.24) is 10.2 Å². The number of aliphatic hydroxyl groups excluding tert-OH is 2. The molecule has 1 aliphatic rings. The van der Waals surface area contributed by atoms with E-state index < -0.39 is 18.4 Å². The van der Waals surface area contributed by atoms with Crippen LogP contribution in [0.3, 0.4) is 0 Å². The van der Waals surface area contributed by atoms with Crippen LogP contribution in [-0.2, 0) is 32.2 Å². The van der Waals surface area contributed by atoms with Crippen LogP contribution in [-0.4, -0.2) is 63.4 Å². The van der Waals surface area contributed by atoms with Gasteiger partial charge in [0.25, 0.3) is 0 Å². The van der Waals surface area contributed by atoms with Crippen LogP contribution in [0.2, 0.25) is 0 Å². The number of phenols is 1. The predicted molar refractivity (Wildman–Crippen MR) is 163 cm³/mol. The number of likely N-dealkylation sites (N-methyl/N-ethyl adjacent to an activating group) is 1. The number of hydrogen-bond donors (Lipinski definition) is 5. The maximum Gasteiger partial charge on any atom is 0.303 e. The van der Waals surface area contributed by atoms with Gasteiger partial charge in [-0.2, -0.15) is 0 Å². The van der Waals surface area contributed by atoms with Crippen molar-refractivity contribution in [1.29, 1.82) is 0 Å². The van der Waals surface area contributed by atoms with Crippen LogP contribution < -0.4 is 5.32 Å². The fourth-order valence-corrected chi connectivity index (χ4v) is 5.32. The molecule has 3 aromatic carbocycles. The largest absolute Gasteiger partial charge is 0.508 e. The molecule has 236 valence electrons. The van der Waals surface area contributed by atoms with Crippen LogP contribution >= 0.6 is 0 Å². The van der Waals surface area contributed by atoms with Crippen molar-refractivity contribution in [3.8, 4) is 5.75 Å². The molecule has 10 heteroatoms. The summed E-state index contributed by atoms with van der Waals surface area (Å²) in [6.45, 7) is 3.22. The second kappa shape index (κ2) is 15.8. The molecule has 0 radical (unpaired) electrons. The molecule has 0 saturated carbocycles. The minimum atomic E-state index is -0.917. The van der Waals surface area contributed by atoms with E-state index in [0.717, 1.165) is 22.3 Å². The van der Waals surface area contributed by atoms with Crippen molar-refractivity contribution >= 4 is 11.9 Å². The van der Waals surface area contributed by atoms with E-state index >= 15 is 0 Å². The monoisotopic (exact) mass is 606 g/mol. The summed E-state index contributed by atoms with van der Waals surface area (Å²) in [5.74, 6) is -1.05. The normalized spacial score (nSPS) is 20.8. The van der Waals surface area contributed by atoms with Gasteiger partial charge in [0, 0.05) is 44.0 Å². The number of benzene rings is 3. The number of aromatic hydroxyl groups is 1. The van der Waals surface area contributed by atoms with E-state index in [9.17, 15) is 24.9 Å². The SMILES string of the molecule is C[C@@H]1[C@H](CN(C)C[C@@H](O)c2cccc(O)c2)O[C@H](c2ccc(CNC(=O)CCCC(=O)O)cc2)O[C@@H]1c1ccc(CO)cc1. The Morgan fingerprint density at radius 2 is 1.64 bits per heavy atom. The number of rotatable bonds is 14. The number of carbonyl (C=O) groups is 2. The molecule has 4 rings (SSSR count). The summed E-state index contributed by atoms with van der Waals surface area (Å²) in [6, 6.07) is 21.9. The first kappa shape index (κ1) is 33.1. The first-order valence-electron chi connectivity index (χ1n) is 14.9. The van der Waals surface area contributed by atoms with Crippen molar-refractivity contribution in [2.45, 2.75) is 63.9 Å². The van der Waals surface area contributed by atoms with Gasteiger partial charge in [-0.1, -0.05) is 67.6 Å². The molecule has 0 spiro atoms. The Kier molecular flexibility index (Phi) is 11.9. The van der Waals surface area contributed by atoms with Gasteiger partial charge in [-0.25, -0.2) is 0 Å². The molecule has 1 fully saturated rings. The van der Waals surface area contributed by atoms with Crippen LogP contribution in [0, 0.1) is 5.92 Å². The van der Waals surface area contributed by atoms with E-state index in [4.69, 9.17) is 14.6 Å². The molecule has 10 nitrogen and oxygen atoms in total. The molecule has 1 heterocycles. The molecule has 44 heavy (non-hydrogen) atoms. The van der Waals surface area contributed by atoms with Crippen LogP contribution in [0.4, 0.5) is 0 Å². The smallest absolute Gasteiger partial charge is 0.303 e. The first-order chi connectivity index (χ1) is 21.1. The van der Waals surface area contributed by atoms with Crippen molar-refractivity contribution in [3.05, 3.63) is 101 Å². The Bertz CT molecular complexity index is 1360. The van der Waals surface area contributed by atoms with Gasteiger partial charge in [0.2, 0.25) is 5.91 Å². The highest BCUT2D eigenvalue weighted by Gasteiger charge is 2.39. The van der Waals surface area contributed by atoms with E-state index in [1.165, 1.54) is 0 Å². The third-order valence-corrected chi connectivity index (χ3v) is 7.89. The highest BCUT2D eigenvalue weighted by atomic mass is 16.7. The highest BCUT2D eigenvalue weighted by Crippen LogP contribution is 2.42. The molecule has 0 bridgehead atoms. The molecule has 5 N–H and O–H groups in total. The third-order valence-electron chi connectivity index (χ3n) is 7.89. The van der Waals surface area contributed by atoms with Crippen LogP contribution in [0.1, 0.15) is 72.5 Å². The Balaban J connectivity index is 1.45. The number of aliphatic carboxylic acids is 1. The van der Waals surface area contributed by atoms with Crippen LogP contribution in [0.15, 0.2) is 72.8 Å². The number of hydrogen-bond acceptors (Lipinski definition) is 8. The zero-order valence-electron chi connectivity index (χ0n) is 25.1. The van der Waals surface area contributed by atoms with Crippen molar-refractivity contribution in [2.24, 2.45) is 5.92 Å². The van der Waals surface area contributed by atoms with E-state index in [1.807, 2.05) is 60.5 Å². The average molecular weight is 607 g/mol. The van der Waals surface area contributed by atoms with E-state index in [1.54, 1.807) is 24.3 Å². The quantitative estimate of drug-likeness (QED) is 0.182. The van der Waals surface area contributed by atoms with Crippen molar-refractivity contribution in [3.63, 3.8) is 0 Å². The second-order valence-corrected chi connectivity index (χ2v) is 11.4. The average Bonchev–Trinajstić information content (AvgIpc) is 3.01. The lowest BCUT2D eigenvalue weighted by Crippen LogP contribution is -2.44. The number of carbonyl (C=O) groups excluding carboxylic acids is 1. The third kappa shape index (κ3) is 9.35. The number of carboxylic acids is 1. The number of phenolic OH excluding ortho intramolecular Hbond substituents is 1. The number of carboxylic acid groups (broad SMARTS) is 1. The van der Waals surface area contributed by atoms with E-state index in [2.05, 4.69) is 12.2 Å². The molecule has 3 aromatic rings. The van der Waals surface area contributed by atoms with Crippen LogP contribution in [0.25, 0.3) is 0 Å². The van der Waals surface area contributed by atoms with Crippen LogP contribution in [0.5, 0.6) is 5.75 Å². The maximum atomic E-state index is 12.1. The molecule has 1 saturated heterocycles. The van der Waals surface area contributed by atoms with Gasteiger partial charge in [-0.05, 0) is 47.9 Å². The van der Waals surface area contributed by atoms with Crippen molar-refractivity contribution < 1.29 is 39.5 Å². The summed E-state index contributed by atoms with van der Waals surface area (Å²) in [7, 11) is 1.92. The second-order valence-electron chi connectivity index (χ2n) is 11.4. The molecule has 5 atom stereocenters.